The van der Waals surface area contributed by atoms with Gasteiger partial charge in [0.05, 0.1) is 31.5 Å². The molecule has 2 amide bonds. The summed E-state index contributed by atoms with van der Waals surface area (Å²) in [7, 11) is 1.63. The van der Waals surface area contributed by atoms with Gasteiger partial charge in [0.2, 0.25) is 5.91 Å². The molecule has 0 aliphatic carbocycles. The maximum absolute atomic E-state index is 13.5. The highest BCUT2D eigenvalue weighted by atomic mass is 16.5. The number of carbonyl (C=O) groups is 2. The van der Waals surface area contributed by atoms with Gasteiger partial charge in [-0.3, -0.25) is 14.5 Å². The Labute approximate surface area is 210 Å². The smallest absolute Gasteiger partial charge is 0.257 e. The molecule has 2 aliphatic heterocycles. The number of furan rings is 1. The lowest BCUT2D eigenvalue weighted by Gasteiger charge is -2.32. The van der Waals surface area contributed by atoms with Crippen LogP contribution >= 0.6 is 0 Å². The van der Waals surface area contributed by atoms with Crippen molar-refractivity contribution < 1.29 is 18.7 Å². The van der Waals surface area contributed by atoms with Crippen molar-refractivity contribution in [3.63, 3.8) is 0 Å². The average Bonchev–Trinajstić information content (AvgIpc) is 3.60. The molecule has 2 aliphatic rings. The summed E-state index contributed by atoms with van der Waals surface area (Å²) in [5.74, 6) is 1.19. The number of likely N-dealkylation sites (tertiary alicyclic amines) is 1. The lowest BCUT2D eigenvalue weighted by Crippen LogP contribution is -2.45. The molecule has 2 aromatic carbocycles. The quantitative estimate of drug-likeness (QED) is 0.538. The fraction of sp³-hybridized carbons (Fsp3) is 0.321. The van der Waals surface area contributed by atoms with Crippen molar-refractivity contribution in [3.8, 4) is 5.75 Å². The van der Waals surface area contributed by atoms with E-state index in [1.54, 1.807) is 18.4 Å². The number of para-hydroxylation sites is 1. The third-order valence-corrected chi connectivity index (χ3v) is 6.74. The molecular weight excluding hydrogens is 456 g/mol. The summed E-state index contributed by atoms with van der Waals surface area (Å²) >= 11 is 0. The Kier molecular flexibility index (Phi) is 7.13. The SMILES string of the molecule is COc1ccc(C2=NN(C(=O)CN3CCC[C@H](C(=O)Nc4ccccc4)C3)[C@@H](c3ccco3)C2)cc1. The second-order valence-corrected chi connectivity index (χ2v) is 9.18. The van der Waals surface area contributed by atoms with Crippen LogP contribution in [0.5, 0.6) is 5.75 Å². The summed E-state index contributed by atoms with van der Waals surface area (Å²) in [4.78, 5) is 28.4. The molecule has 1 saturated heterocycles. The van der Waals surface area contributed by atoms with Crippen LogP contribution in [0.1, 0.15) is 36.6 Å². The van der Waals surface area contributed by atoms with Crippen LogP contribution in [-0.2, 0) is 9.59 Å². The molecule has 186 valence electrons. The van der Waals surface area contributed by atoms with E-state index in [4.69, 9.17) is 14.3 Å². The van der Waals surface area contributed by atoms with Gasteiger partial charge in [-0.15, -0.1) is 0 Å². The third-order valence-electron chi connectivity index (χ3n) is 6.74. The normalized spacial score (nSPS) is 20.1. The Balaban J connectivity index is 1.27. The Morgan fingerprint density at radius 1 is 1.08 bits per heavy atom. The number of amides is 2. The summed E-state index contributed by atoms with van der Waals surface area (Å²) in [6.07, 6.45) is 3.85. The number of hydrazone groups is 1. The van der Waals surface area contributed by atoms with Crippen molar-refractivity contribution in [1.29, 1.82) is 0 Å². The van der Waals surface area contributed by atoms with Gasteiger partial charge >= 0.3 is 0 Å². The molecule has 1 aromatic heterocycles. The van der Waals surface area contributed by atoms with Gasteiger partial charge in [-0.05, 0) is 73.5 Å². The molecule has 0 radical (unpaired) electrons. The fourth-order valence-electron chi connectivity index (χ4n) is 4.84. The minimum Gasteiger partial charge on any atom is -0.497 e. The number of ether oxygens (including phenoxy) is 1. The molecule has 0 bridgehead atoms. The van der Waals surface area contributed by atoms with E-state index in [2.05, 4.69) is 10.2 Å². The number of piperidine rings is 1. The number of methoxy groups -OCH3 is 1. The zero-order chi connectivity index (χ0) is 24.9. The third kappa shape index (κ3) is 5.33. The molecule has 1 fully saturated rings. The van der Waals surface area contributed by atoms with Crippen LogP contribution in [0.4, 0.5) is 5.69 Å². The van der Waals surface area contributed by atoms with Gasteiger partial charge in [0, 0.05) is 18.7 Å². The van der Waals surface area contributed by atoms with E-state index in [9.17, 15) is 9.59 Å². The highest BCUT2D eigenvalue weighted by Crippen LogP contribution is 2.33. The summed E-state index contributed by atoms with van der Waals surface area (Å²) in [5.41, 5.74) is 2.55. The Hall–Kier alpha value is -3.91. The van der Waals surface area contributed by atoms with Crippen molar-refractivity contribution in [3.05, 3.63) is 84.3 Å². The van der Waals surface area contributed by atoms with Crippen LogP contribution in [0.25, 0.3) is 0 Å². The van der Waals surface area contributed by atoms with Crippen LogP contribution in [0.2, 0.25) is 0 Å². The molecule has 0 saturated carbocycles. The summed E-state index contributed by atoms with van der Waals surface area (Å²) in [6, 6.07) is 20.5. The summed E-state index contributed by atoms with van der Waals surface area (Å²) < 4.78 is 10.9. The Morgan fingerprint density at radius 2 is 1.89 bits per heavy atom. The molecule has 2 atom stereocenters. The fourth-order valence-corrected chi connectivity index (χ4v) is 4.84. The standard InChI is InChI=1S/C28H30N4O4/c1-35-23-13-11-20(12-14-23)24-17-25(26-10-6-16-36-26)32(30-24)27(33)19-31-15-5-7-21(18-31)28(34)29-22-8-3-2-4-9-22/h2-4,6,8-14,16,21,25H,5,7,15,17-19H2,1H3,(H,29,34)/t21-,25+/m0/s1. The minimum atomic E-state index is -0.299. The van der Waals surface area contributed by atoms with Crippen molar-refractivity contribution in [2.24, 2.45) is 11.0 Å². The lowest BCUT2D eigenvalue weighted by atomic mass is 9.97. The molecule has 8 nitrogen and oxygen atoms in total. The highest BCUT2D eigenvalue weighted by molar-refractivity contribution is 6.03. The van der Waals surface area contributed by atoms with Crippen LogP contribution in [0, 0.1) is 5.92 Å². The van der Waals surface area contributed by atoms with Gasteiger partial charge in [-0.1, -0.05) is 18.2 Å². The van der Waals surface area contributed by atoms with Crippen molar-refractivity contribution in [2.75, 3.05) is 32.1 Å². The van der Waals surface area contributed by atoms with Crippen molar-refractivity contribution in [2.45, 2.75) is 25.3 Å². The van der Waals surface area contributed by atoms with E-state index in [1.807, 2.05) is 66.7 Å². The first-order valence-electron chi connectivity index (χ1n) is 12.3. The highest BCUT2D eigenvalue weighted by Gasteiger charge is 2.36. The van der Waals surface area contributed by atoms with E-state index < -0.39 is 0 Å². The Morgan fingerprint density at radius 3 is 2.61 bits per heavy atom. The first-order valence-corrected chi connectivity index (χ1v) is 12.3. The first-order chi connectivity index (χ1) is 17.6. The molecular formula is C28H30N4O4. The van der Waals surface area contributed by atoms with Gasteiger partial charge in [-0.25, -0.2) is 5.01 Å². The number of carbonyl (C=O) groups excluding carboxylic acids is 2. The predicted molar refractivity (Wildman–Crippen MR) is 137 cm³/mol. The van der Waals surface area contributed by atoms with Crippen molar-refractivity contribution in [1.82, 2.24) is 9.91 Å². The van der Waals surface area contributed by atoms with Crippen LogP contribution in [0.15, 0.2) is 82.5 Å². The second-order valence-electron chi connectivity index (χ2n) is 9.18. The topological polar surface area (TPSA) is 87.4 Å². The maximum Gasteiger partial charge on any atom is 0.257 e. The lowest BCUT2D eigenvalue weighted by molar-refractivity contribution is -0.136. The summed E-state index contributed by atoms with van der Waals surface area (Å²) in [6.45, 7) is 1.51. The average molecular weight is 487 g/mol. The second kappa shape index (κ2) is 10.8. The van der Waals surface area contributed by atoms with Gasteiger partial charge < -0.3 is 14.5 Å². The number of anilines is 1. The number of hydrogen-bond donors (Lipinski definition) is 1. The van der Waals surface area contributed by atoms with Crippen LogP contribution in [0.3, 0.4) is 0 Å². The van der Waals surface area contributed by atoms with Gasteiger partial charge in [-0.2, -0.15) is 5.10 Å². The van der Waals surface area contributed by atoms with Gasteiger partial charge in [0.1, 0.15) is 17.6 Å². The molecule has 3 aromatic rings. The zero-order valence-corrected chi connectivity index (χ0v) is 20.3. The number of hydrogen-bond acceptors (Lipinski definition) is 6. The van der Waals surface area contributed by atoms with Gasteiger partial charge in [0.25, 0.3) is 5.91 Å². The van der Waals surface area contributed by atoms with E-state index in [0.717, 1.165) is 42.1 Å². The molecule has 36 heavy (non-hydrogen) atoms. The molecule has 8 heteroatoms. The van der Waals surface area contributed by atoms with E-state index in [0.29, 0.717) is 18.7 Å². The number of rotatable bonds is 7. The van der Waals surface area contributed by atoms with E-state index in [1.165, 1.54) is 0 Å². The summed E-state index contributed by atoms with van der Waals surface area (Å²) in [5, 5.41) is 9.26. The first kappa shape index (κ1) is 23.8. The van der Waals surface area contributed by atoms with E-state index in [-0.39, 0.29) is 30.3 Å². The maximum atomic E-state index is 13.5. The van der Waals surface area contributed by atoms with Crippen molar-refractivity contribution >= 4 is 23.2 Å². The Bertz CT molecular complexity index is 1210. The van der Waals surface area contributed by atoms with E-state index >= 15 is 0 Å². The minimum absolute atomic E-state index is 0.00667. The monoisotopic (exact) mass is 486 g/mol. The largest absolute Gasteiger partial charge is 0.497 e. The van der Waals surface area contributed by atoms with Crippen LogP contribution < -0.4 is 10.1 Å². The molecule has 5 rings (SSSR count). The molecule has 0 spiro atoms. The zero-order valence-electron chi connectivity index (χ0n) is 20.3. The number of benzene rings is 2. The number of nitrogens with one attached hydrogen (secondary N) is 1. The van der Waals surface area contributed by atoms with Crippen LogP contribution in [-0.4, -0.2) is 54.2 Å². The van der Waals surface area contributed by atoms with Gasteiger partial charge in [0.15, 0.2) is 0 Å². The molecule has 0 unspecified atom stereocenters. The molecule has 3 heterocycles. The number of nitrogens with zero attached hydrogens (tertiary/aromatic N) is 3. The predicted octanol–water partition coefficient (Wildman–Crippen LogP) is 4.32. The molecule has 1 N–H and O–H groups in total.